The molecule has 1 aromatic rings. The van der Waals surface area contributed by atoms with Gasteiger partial charge in [0, 0.05) is 76.6 Å². The fraction of sp³-hybridized carbons (Fsp3) is 0.667. The number of ether oxygens (including phenoxy) is 1. The molecule has 1 unspecified atom stereocenters. The van der Waals surface area contributed by atoms with E-state index in [4.69, 9.17) is 16.3 Å². The molecule has 0 radical (unpaired) electrons. The van der Waals surface area contributed by atoms with Gasteiger partial charge in [0.15, 0.2) is 5.96 Å². The Hall–Kier alpha value is -0.770. The maximum absolute atomic E-state index is 6.12. The van der Waals surface area contributed by atoms with Crippen molar-refractivity contribution in [2.75, 3.05) is 78.0 Å². The summed E-state index contributed by atoms with van der Waals surface area (Å²) in [5.74, 6) is 1.61. The molecule has 2 saturated heterocycles. The number of nitrogens with zero attached hydrogens (tertiary/aromatic N) is 4. The lowest BCUT2D eigenvalue weighted by molar-refractivity contribution is 0.181. The van der Waals surface area contributed by atoms with Crippen molar-refractivity contribution in [1.82, 2.24) is 15.1 Å². The molecule has 0 aliphatic carbocycles. The number of hydrogen-bond acceptors (Lipinski definition) is 4. The van der Waals surface area contributed by atoms with Crippen LogP contribution in [0.4, 0.5) is 5.69 Å². The summed E-state index contributed by atoms with van der Waals surface area (Å²) < 4.78 is 5.48. The molecule has 1 N–H and O–H groups in total. The smallest absolute Gasteiger partial charge is 0.193 e. The summed E-state index contributed by atoms with van der Waals surface area (Å²) in [6.07, 6.45) is 2.28. The normalized spacial score (nSPS) is 20.4. The number of rotatable bonds is 7. The van der Waals surface area contributed by atoms with Crippen molar-refractivity contribution in [3.8, 4) is 0 Å². The molecule has 1 atom stereocenters. The van der Waals surface area contributed by atoms with E-state index in [-0.39, 0.29) is 24.0 Å². The fourth-order valence-corrected chi connectivity index (χ4v) is 4.18. The second-order valence-electron chi connectivity index (χ2n) is 7.75. The Morgan fingerprint density at radius 2 is 2.10 bits per heavy atom. The van der Waals surface area contributed by atoms with Gasteiger partial charge in [0.05, 0.1) is 6.61 Å². The van der Waals surface area contributed by atoms with Gasteiger partial charge in [-0.05, 0) is 37.6 Å². The highest BCUT2D eigenvalue weighted by atomic mass is 127. The highest BCUT2D eigenvalue weighted by molar-refractivity contribution is 14.0. The Bertz CT molecular complexity index is 633. The molecule has 2 aliphatic heterocycles. The van der Waals surface area contributed by atoms with E-state index in [1.165, 1.54) is 5.69 Å². The number of guanidine groups is 1. The van der Waals surface area contributed by atoms with Crippen molar-refractivity contribution in [3.05, 3.63) is 29.3 Å². The van der Waals surface area contributed by atoms with Crippen molar-refractivity contribution in [2.24, 2.45) is 10.9 Å². The van der Waals surface area contributed by atoms with E-state index in [9.17, 15) is 0 Å². The van der Waals surface area contributed by atoms with Crippen molar-refractivity contribution in [1.29, 1.82) is 0 Å². The molecule has 1 aromatic carbocycles. The maximum Gasteiger partial charge on any atom is 0.193 e. The molecular formula is C21H35ClIN5O. The van der Waals surface area contributed by atoms with Crippen LogP contribution in [0, 0.1) is 5.92 Å². The van der Waals surface area contributed by atoms with Crippen LogP contribution in [-0.2, 0) is 4.74 Å². The number of anilines is 1. The summed E-state index contributed by atoms with van der Waals surface area (Å²) in [4.78, 5) is 11.6. The van der Waals surface area contributed by atoms with Crippen molar-refractivity contribution in [3.63, 3.8) is 0 Å². The van der Waals surface area contributed by atoms with E-state index < -0.39 is 0 Å². The molecule has 2 heterocycles. The van der Waals surface area contributed by atoms with Crippen LogP contribution in [0.25, 0.3) is 0 Å². The minimum atomic E-state index is 0. The first-order chi connectivity index (χ1) is 13.7. The minimum absolute atomic E-state index is 0. The average molecular weight is 536 g/mol. The third-order valence-corrected chi connectivity index (χ3v) is 5.84. The zero-order valence-electron chi connectivity index (χ0n) is 17.6. The van der Waals surface area contributed by atoms with Crippen molar-refractivity contribution in [2.45, 2.75) is 12.8 Å². The van der Waals surface area contributed by atoms with Crippen LogP contribution in [0.1, 0.15) is 12.8 Å². The molecular weight excluding hydrogens is 501 g/mol. The summed E-state index contributed by atoms with van der Waals surface area (Å²) in [6.45, 7) is 9.16. The molecule has 3 rings (SSSR count). The van der Waals surface area contributed by atoms with E-state index in [1.54, 1.807) is 0 Å². The number of aliphatic imine (C=N–C) groups is 1. The second-order valence-corrected chi connectivity index (χ2v) is 8.18. The second kappa shape index (κ2) is 12.8. The molecule has 2 aliphatic rings. The monoisotopic (exact) mass is 535 g/mol. The van der Waals surface area contributed by atoms with E-state index in [2.05, 4.69) is 44.2 Å². The van der Waals surface area contributed by atoms with Crippen LogP contribution >= 0.6 is 35.6 Å². The van der Waals surface area contributed by atoms with Gasteiger partial charge in [-0.2, -0.15) is 0 Å². The van der Waals surface area contributed by atoms with Gasteiger partial charge >= 0.3 is 0 Å². The number of nitrogens with one attached hydrogen (secondary N) is 1. The summed E-state index contributed by atoms with van der Waals surface area (Å²) in [5, 5.41) is 4.32. The van der Waals surface area contributed by atoms with Crippen LogP contribution in [0.3, 0.4) is 0 Å². The first-order valence-electron chi connectivity index (χ1n) is 10.4. The van der Waals surface area contributed by atoms with Gasteiger partial charge < -0.3 is 19.9 Å². The molecule has 0 bridgehead atoms. The molecule has 0 spiro atoms. The van der Waals surface area contributed by atoms with Crippen molar-refractivity contribution >= 4 is 47.2 Å². The Balaban J connectivity index is 0.00000300. The highest BCUT2D eigenvalue weighted by Gasteiger charge is 2.19. The standard InChI is InChI=1S/C21H34ClN5O.HI/c1-23-21(25(2)16-18-7-14-28-17-18)24-8-4-9-26-10-12-27(13-11-26)20-6-3-5-19(22)15-20;/h3,5-6,15,18H,4,7-14,16-17H2,1-2H3,(H,23,24);1H. The first-order valence-corrected chi connectivity index (χ1v) is 10.8. The lowest BCUT2D eigenvalue weighted by Crippen LogP contribution is -2.47. The van der Waals surface area contributed by atoms with Gasteiger partial charge in [0.25, 0.3) is 0 Å². The van der Waals surface area contributed by atoms with Crippen LogP contribution < -0.4 is 10.2 Å². The highest BCUT2D eigenvalue weighted by Crippen LogP contribution is 2.20. The Labute approximate surface area is 197 Å². The molecule has 8 heteroatoms. The van der Waals surface area contributed by atoms with E-state index >= 15 is 0 Å². The van der Waals surface area contributed by atoms with Crippen LogP contribution in [0.15, 0.2) is 29.3 Å². The topological polar surface area (TPSA) is 43.3 Å². The fourth-order valence-electron chi connectivity index (χ4n) is 3.99. The molecule has 2 fully saturated rings. The summed E-state index contributed by atoms with van der Waals surface area (Å²) in [5.41, 5.74) is 1.23. The number of piperazine rings is 1. The number of hydrogen-bond donors (Lipinski definition) is 1. The zero-order chi connectivity index (χ0) is 19.8. The predicted molar refractivity (Wildman–Crippen MR) is 133 cm³/mol. The van der Waals surface area contributed by atoms with Gasteiger partial charge in [-0.3, -0.25) is 9.89 Å². The summed E-state index contributed by atoms with van der Waals surface area (Å²) in [7, 11) is 3.97. The quantitative estimate of drug-likeness (QED) is 0.252. The lowest BCUT2D eigenvalue weighted by Gasteiger charge is -2.36. The molecule has 29 heavy (non-hydrogen) atoms. The van der Waals surface area contributed by atoms with Crippen LogP contribution in [0.2, 0.25) is 5.02 Å². The number of halogens is 2. The molecule has 0 amide bonds. The SMILES string of the molecule is CN=C(NCCCN1CCN(c2cccc(Cl)c2)CC1)N(C)CC1CCOC1.I. The number of benzene rings is 1. The van der Waals surface area contributed by atoms with Gasteiger partial charge in [0.1, 0.15) is 0 Å². The largest absolute Gasteiger partial charge is 0.381 e. The summed E-state index contributed by atoms with van der Waals surface area (Å²) >= 11 is 6.12. The molecule has 0 aromatic heterocycles. The molecule has 164 valence electrons. The molecule has 6 nitrogen and oxygen atoms in total. The average Bonchev–Trinajstić information content (AvgIpc) is 3.21. The third-order valence-electron chi connectivity index (χ3n) is 5.61. The first kappa shape index (κ1) is 24.5. The Morgan fingerprint density at radius 3 is 2.76 bits per heavy atom. The van der Waals surface area contributed by atoms with Gasteiger partial charge in [-0.1, -0.05) is 17.7 Å². The lowest BCUT2D eigenvalue weighted by atomic mass is 10.1. The summed E-state index contributed by atoms with van der Waals surface area (Å²) in [6, 6.07) is 8.16. The van der Waals surface area contributed by atoms with Gasteiger partial charge in [-0.15, -0.1) is 24.0 Å². The third kappa shape index (κ3) is 7.77. The Morgan fingerprint density at radius 1 is 1.31 bits per heavy atom. The Kier molecular flexibility index (Phi) is 10.8. The predicted octanol–water partition coefficient (Wildman–Crippen LogP) is 3.01. The van der Waals surface area contributed by atoms with Gasteiger partial charge in [0.2, 0.25) is 0 Å². The van der Waals surface area contributed by atoms with Crippen LogP contribution in [0.5, 0.6) is 0 Å². The molecule has 0 saturated carbocycles. The van der Waals surface area contributed by atoms with Crippen molar-refractivity contribution < 1.29 is 4.74 Å². The van der Waals surface area contributed by atoms with Crippen LogP contribution in [-0.4, -0.2) is 88.9 Å². The van der Waals surface area contributed by atoms with E-state index in [1.807, 2.05) is 19.2 Å². The van der Waals surface area contributed by atoms with E-state index in [0.717, 1.165) is 82.9 Å². The van der Waals surface area contributed by atoms with Gasteiger partial charge in [-0.25, -0.2) is 0 Å². The van der Waals surface area contributed by atoms with E-state index in [0.29, 0.717) is 5.92 Å². The zero-order valence-corrected chi connectivity index (χ0v) is 20.7. The minimum Gasteiger partial charge on any atom is -0.381 e. The maximum atomic E-state index is 6.12.